The lowest BCUT2D eigenvalue weighted by Crippen LogP contribution is -2.24. The van der Waals surface area contributed by atoms with Crippen LogP contribution in [0.1, 0.15) is 15.9 Å². The van der Waals surface area contributed by atoms with Crippen molar-refractivity contribution >= 4 is 41.3 Å². The van der Waals surface area contributed by atoms with Gasteiger partial charge in [-0.15, -0.1) is 0 Å². The van der Waals surface area contributed by atoms with Crippen molar-refractivity contribution in [3.63, 3.8) is 0 Å². The van der Waals surface area contributed by atoms with Crippen LogP contribution < -0.4 is 19.6 Å². The Hall–Kier alpha value is -3.62. The zero-order valence-corrected chi connectivity index (χ0v) is 18.7. The number of nitrogens with zero attached hydrogens (tertiary/aromatic N) is 1. The van der Waals surface area contributed by atoms with Gasteiger partial charge in [-0.1, -0.05) is 23.2 Å². The molecule has 3 rings (SSSR count). The van der Waals surface area contributed by atoms with Crippen LogP contribution in [0, 0.1) is 5.82 Å². The first-order valence-corrected chi connectivity index (χ1v) is 10.2. The largest absolute Gasteiger partial charge is 0.493 e. The number of carbonyl (C=O) groups excluding carboxylic acids is 2. The number of hydrogen-bond donors (Lipinski definition) is 1. The minimum atomic E-state index is -0.637. The molecular weight excluding hydrogens is 474 g/mol. The Morgan fingerprint density at radius 2 is 1.76 bits per heavy atom. The summed E-state index contributed by atoms with van der Waals surface area (Å²) in [5, 5.41) is 4.40. The maximum absolute atomic E-state index is 12.9. The third-order valence-electron chi connectivity index (χ3n) is 4.13. The zero-order valence-electron chi connectivity index (χ0n) is 17.2. The monoisotopic (exact) mass is 490 g/mol. The Bertz CT molecular complexity index is 1190. The zero-order chi connectivity index (χ0) is 23.8. The van der Waals surface area contributed by atoms with Gasteiger partial charge in [0.05, 0.1) is 28.9 Å². The molecule has 7 nitrogen and oxygen atoms in total. The second-order valence-electron chi connectivity index (χ2n) is 6.46. The first kappa shape index (κ1) is 24.0. The van der Waals surface area contributed by atoms with E-state index >= 15 is 0 Å². The number of hydrazone groups is 1. The Morgan fingerprint density at radius 1 is 1.00 bits per heavy atom. The Morgan fingerprint density at radius 3 is 2.45 bits per heavy atom. The minimum Gasteiger partial charge on any atom is -0.493 e. The second kappa shape index (κ2) is 11.3. The van der Waals surface area contributed by atoms with Crippen molar-refractivity contribution in [1.82, 2.24) is 5.43 Å². The van der Waals surface area contributed by atoms with Gasteiger partial charge in [0.2, 0.25) is 0 Å². The first-order chi connectivity index (χ1) is 15.9. The van der Waals surface area contributed by atoms with Gasteiger partial charge in [-0.3, -0.25) is 4.79 Å². The lowest BCUT2D eigenvalue weighted by molar-refractivity contribution is -0.123. The smallest absolute Gasteiger partial charge is 0.343 e. The highest BCUT2D eigenvalue weighted by Crippen LogP contribution is 2.29. The van der Waals surface area contributed by atoms with Crippen molar-refractivity contribution in [3.8, 4) is 17.2 Å². The molecule has 0 heterocycles. The number of hydrogen-bond acceptors (Lipinski definition) is 6. The van der Waals surface area contributed by atoms with E-state index in [1.54, 1.807) is 12.1 Å². The molecule has 170 valence electrons. The number of methoxy groups -OCH3 is 1. The normalized spacial score (nSPS) is 10.7. The predicted octanol–water partition coefficient (Wildman–Crippen LogP) is 4.89. The van der Waals surface area contributed by atoms with Crippen molar-refractivity contribution < 1.29 is 28.2 Å². The van der Waals surface area contributed by atoms with Gasteiger partial charge >= 0.3 is 5.97 Å². The molecule has 1 N–H and O–H groups in total. The molecule has 0 bridgehead atoms. The molecule has 0 aromatic heterocycles. The Balaban J connectivity index is 1.57. The quantitative estimate of drug-likeness (QED) is 0.210. The highest BCUT2D eigenvalue weighted by molar-refractivity contribution is 6.42. The van der Waals surface area contributed by atoms with E-state index in [0.29, 0.717) is 16.3 Å². The van der Waals surface area contributed by atoms with E-state index < -0.39 is 17.7 Å². The average molecular weight is 491 g/mol. The fourth-order valence-corrected chi connectivity index (χ4v) is 2.82. The summed E-state index contributed by atoms with van der Waals surface area (Å²) in [5.74, 6) is -0.731. The lowest BCUT2D eigenvalue weighted by Gasteiger charge is -2.10. The molecule has 0 spiro atoms. The van der Waals surface area contributed by atoms with Crippen molar-refractivity contribution in [2.45, 2.75) is 0 Å². The van der Waals surface area contributed by atoms with E-state index in [0.717, 1.165) is 0 Å². The molecule has 3 aromatic carbocycles. The van der Waals surface area contributed by atoms with Gasteiger partial charge in [-0.2, -0.15) is 5.10 Å². The standard InChI is InChI=1S/C23H17Cl2FN2O5/c1-31-21-10-14(12-27-28-22(29)13-32-17-6-4-16(26)5-7-17)2-9-20(21)33-23(30)15-3-8-18(24)19(25)11-15/h2-12H,13H2,1H3,(H,28,29)/b27-12-. The number of rotatable bonds is 8. The molecule has 3 aromatic rings. The van der Waals surface area contributed by atoms with Crippen molar-refractivity contribution in [3.05, 3.63) is 87.7 Å². The molecule has 1 amide bonds. The number of amides is 1. The fourth-order valence-electron chi connectivity index (χ4n) is 2.52. The number of esters is 1. The van der Waals surface area contributed by atoms with E-state index in [-0.39, 0.29) is 28.7 Å². The predicted molar refractivity (Wildman–Crippen MR) is 122 cm³/mol. The van der Waals surface area contributed by atoms with Crippen LogP contribution in [-0.2, 0) is 4.79 Å². The van der Waals surface area contributed by atoms with E-state index in [1.807, 2.05) is 0 Å². The van der Waals surface area contributed by atoms with Crippen LogP contribution in [0.5, 0.6) is 17.2 Å². The summed E-state index contributed by atoms with van der Waals surface area (Å²) in [6.45, 7) is -0.296. The number of carbonyl (C=O) groups is 2. The van der Waals surface area contributed by atoms with Gasteiger partial charge in [0, 0.05) is 0 Å². The average Bonchev–Trinajstić information content (AvgIpc) is 2.81. The third kappa shape index (κ3) is 6.93. The Kier molecular flexibility index (Phi) is 8.23. The molecule has 0 aliphatic rings. The molecule has 0 saturated carbocycles. The van der Waals surface area contributed by atoms with Gasteiger partial charge in [0.1, 0.15) is 11.6 Å². The van der Waals surface area contributed by atoms with Gasteiger partial charge in [0.25, 0.3) is 5.91 Å². The van der Waals surface area contributed by atoms with E-state index in [2.05, 4.69) is 10.5 Å². The molecule has 0 aliphatic carbocycles. The third-order valence-corrected chi connectivity index (χ3v) is 4.87. The molecular formula is C23H17Cl2FN2O5. The van der Waals surface area contributed by atoms with E-state index in [1.165, 1.54) is 61.9 Å². The highest BCUT2D eigenvalue weighted by Gasteiger charge is 2.14. The molecule has 0 atom stereocenters. The minimum absolute atomic E-state index is 0.183. The van der Waals surface area contributed by atoms with Crippen LogP contribution in [-0.4, -0.2) is 31.8 Å². The van der Waals surface area contributed by atoms with Crippen LogP contribution in [0.15, 0.2) is 65.8 Å². The van der Waals surface area contributed by atoms with Crippen molar-refractivity contribution in [2.24, 2.45) is 5.10 Å². The van der Waals surface area contributed by atoms with E-state index in [9.17, 15) is 14.0 Å². The van der Waals surface area contributed by atoms with Gasteiger partial charge in [0.15, 0.2) is 18.1 Å². The second-order valence-corrected chi connectivity index (χ2v) is 7.28. The number of benzene rings is 3. The summed E-state index contributed by atoms with van der Waals surface area (Å²) in [7, 11) is 1.42. The van der Waals surface area contributed by atoms with Crippen LogP contribution in [0.4, 0.5) is 4.39 Å². The van der Waals surface area contributed by atoms with E-state index in [4.69, 9.17) is 37.4 Å². The molecule has 0 radical (unpaired) electrons. The maximum Gasteiger partial charge on any atom is 0.343 e. The summed E-state index contributed by atoms with van der Waals surface area (Å²) in [5.41, 5.74) is 3.11. The van der Waals surface area contributed by atoms with Crippen molar-refractivity contribution in [1.29, 1.82) is 0 Å². The number of halogens is 3. The fraction of sp³-hybridized carbons (Fsp3) is 0.0870. The van der Waals surface area contributed by atoms with Crippen molar-refractivity contribution in [2.75, 3.05) is 13.7 Å². The molecule has 0 saturated heterocycles. The molecule has 0 aliphatic heterocycles. The number of ether oxygens (including phenoxy) is 3. The molecule has 0 fully saturated rings. The topological polar surface area (TPSA) is 86.2 Å². The van der Waals surface area contributed by atoms with Crippen LogP contribution in [0.25, 0.3) is 0 Å². The maximum atomic E-state index is 12.9. The first-order valence-electron chi connectivity index (χ1n) is 9.41. The lowest BCUT2D eigenvalue weighted by atomic mass is 10.2. The summed E-state index contributed by atoms with van der Waals surface area (Å²) >= 11 is 11.8. The van der Waals surface area contributed by atoms with Gasteiger partial charge in [-0.05, 0) is 66.2 Å². The summed E-state index contributed by atoms with van der Waals surface area (Å²) in [6, 6.07) is 14.4. The van der Waals surface area contributed by atoms with Gasteiger partial charge in [-0.25, -0.2) is 14.6 Å². The molecule has 0 unspecified atom stereocenters. The molecule has 10 heteroatoms. The van der Waals surface area contributed by atoms with Gasteiger partial charge < -0.3 is 14.2 Å². The van der Waals surface area contributed by atoms with Crippen LogP contribution in [0.3, 0.4) is 0 Å². The SMILES string of the molecule is COc1cc(/C=N\NC(=O)COc2ccc(F)cc2)ccc1OC(=O)c1ccc(Cl)c(Cl)c1. The van der Waals surface area contributed by atoms with Crippen LogP contribution >= 0.6 is 23.2 Å². The summed E-state index contributed by atoms with van der Waals surface area (Å²) in [4.78, 5) is 24.2. The molecule has 33 heavy (non-hydrogen) atoms. The highest BCUT2D eigenvalue weighted by atomic mass is 35.5. The number of nitrogens with one attached hydrogen (secondary N) is 1. The summed E-state index contributed by atoms with van der Waals surface area (Å²) < 4.78 is 28.7. The van der Waals surface area contributed by atoms with Crippen LogP contribution in [0.2, 0.25) is 10.0 Å². The summed E-state index contributed by atoms with van der Waals surface area (Å²) in [6.07, 6.45) is 1.38. The Labute approximate surface area is 198 Å².